The van der Waals surface area contributed by atoms with Gasteiger partial charge in [0.2, 0.25) is 0 Å². The van der Waals surface area contributed by atoms with E-state index in [0.717, 1.165) is 10.9 Å². The van der Waals surface area contributed by atoms with Gasteiger partial charge < -0.3 is 0 Å². The van der Waals surface area contributed by atoms with Gasteiger partial charge >= 0.3 is 0 Å². The fourth-order valence-electron chi connectivity index (χ4n) is 1.86. The van der Waals surface area contributed by atoms with Crippen LogP contribution < -0.4 is 0 Å². The van der Waals surface area contributed by atoms with E-state index in [9.17, 15) is 0 Å². The SMILES string of the molecule is N#CC[C@H](c1ccc(Cl)cc1)C1CC1. The Morgan fingerprint density at radius 2 is 2.00 bits per heavy atom. The van der Waals surface area contributed by atoms with E-state index < -0.39 is 0 Å². The van der Waals surface area contributed by atoms with Crippen molar-refractivity contribution in [3.63, 3.8) is 0 Å². The molecule has 72 valence electrons. The lowest BCUT2D eigenvalue weighted by Gasteiger charge is -2.12. The largest absolute Gasteiger partial charge is 0.198 e. The van der Waals surface area contributed by atoms with Crippen molar-refractivity contribution >= 4 is 11.6 Å². The molecule has 0 amide bonds. The highest BCUT2D eigenvalue weighted by molar-refractivity contribution is 6.30. The standard InChI is InChI=1S/C12H12ClN/c13-11-5-3-10(4-6-11)12(7-8-14)9-1-2-9/h3-6,9,12H,1-2,7H2/t12-/m0/s1. The molecular formula is C12H12ClN. The number of hydrogen-bond acceptors (Lipinski definition) is 1. The number of halogens is 1. The van der Waals surface area contributed by atoms with Crippen LogP contribution in [0.15, 0.2) is 24.3 Å². The first kappa shape index (κ1) is 9.55. The number of benzene rings is 1. The maximum absolute atomic E-state index is 8.75. The summed E-state index contributed by atoms with van der Waals surface area (Å²) in [7, 11) is 0. The fraction of sp³-hybridized carbons (Fsp3) is 0.417. The zero-order valence-corrected chi connectivity index (χ0v) is 8.67. The first-order valence-electron chi connectivity index (χ1n) is 4.93. The minimum atomic E-state index is 0.428. The lowest BCUT2D eigenvalue weighted by molar-refractivity contribution is 0.619. The first-order valence-corrected chi connectivity index (χ1v) is 5.31. The van der Waals surface area contributed by atoms with Gasteiger partial charge in [-0.25, -0.2) is 0 Å². The van der Waals surface area contributed by atoms with Crippen LogP contribution in [0, 0.1) is 17.2 Å². The molecule has 0 spiro atoms. The maximum Gasteiger partial charge on any atom is 0.0628 e. The summed E-state index contributed by atoms with van der Waals surface area (Å²) in [5, 5.41) is 9.52. The highest BCUT2D eigenvalue weighted by Gasteiger charge is 2.31. The molecule has 1 nitrogen and oxygen atoms in total. The van der Waals surface area contributed by atoms with Crippen molar-refractivity contribution in [1.29, 1.82) is 5.26 Å². The smallest absolute Gasteiger partial charge is 0.0628 e. The molecule has 0 aliphatic heterocycles. The molecule has 2 rings (SSSR count). The van der Waals surface area contributed by atoms with Gasteiger partial charge in [-0.05, 0) is 42.4 Å². The molecule has 1 fully saturated rings. The summed E-state index contributed by atoms with van der Waals surface area (Å²) < 4.78 is 0. The minimum absolute atomic E-state index is 0.428. The molecule has 0 saturated heterocycles. The second kappa shape index (κ2) is 4.02. The summed E-state index contributed by atoms with van der Waals surface area (Å²) in [6.45, 7) is 0. The molecule has 0 heterocycles. The van der Waals surface area contributed by atoms with Crippen LogP contribution >= 0.6 is 11.6 Å². The molecule has 0 N–H and O–H groups in total. The number of rotatable bonds is 3. The van der Waals surface area contributed by atoms with Crippen molar-refractivity contribution < 1.29 is 0 Å². The van der Waals surface area contributed by atoms with Crippen LogP contribution in [0.5, 0.6) is 0 Å². The molecule has 1 aromatic rings. The van der Waals surface area contributed by atoms with Gasteiger partial charge in [0.25, 0.3) is 0 Å². The van der Waals surface area contributed by atoms with Gasteiger partial charge in [-0.15, -0.1) is 0 Å². The van der Waals surface area contributed by atoms with Crippen molar-refractivity contribution in [2.75, 3.05) is 0 Å². The summed E-state index contributed by atoms with van der Waals surface area (Å²) >= 11 is 5.82. The normalized spacial score (nSPS) is 17.4. The zero-order chi connectivity index (χ0) is 9.97. The predicted octanol–water partition coefficient (Wildman–Crippen LogP) is 3.75. The van der Waals surface area contributed by atoms with Gasteiger partial charge in [-0.3, -0.25) is 0 Å². The molecule has 1 aliphatic carbocycles. The second-order valence-corrected chi connectivity index (χ2v) is 4.29. The third-order valence-corrected chi connectivity index (χ3v) is 3.05. The Morgan fingerprint density at radius 3 is 2.50 bits per heavy atom. The van der Waals surface area contributed by atoms with Crippen molar-refractivity contribution in [1.82, 2.24) is 0 Å². The molecule has 2 heteroatoms. The molecule has 1 aliphatic rings. The molecule has 1 saturated carbocycles. The third kappa shape index (κ3) is 2.08. The molecule has 1 aromatic carbocycles. The molecule has 0 aromatic heterocycles. The van der Waals surface area contributed by atoms with Crippen molar-refractivity contribution in [3.05, 3.63) is 34.9 Å². The summed E-state index contributed by atoms with van der Waals surface area (Å²) in [5.74, 6) is 1.16. The topological polar surface area (TPSA) is 23.8 Å². The Bertz CT molecular complexity index is 346. The monoisotopic (exact) mass is 205 g/mol. The first-order chi connectivity index (χ1) is 6.81. The van der Waals surface area contributed by atoms with Crippen LogP contribution in [0.4, 0.5) is 0 Å². The second-order valence-electron chi connectivity index (χ2n) is 3.86. The Morgan fingerprint density at radius 1 is 1.36 bits per heavy atom. The summed E-state index contributed by atoms with van der Waals surface area (Å²) in [6.07, 6.45) is 3.18. The lowest BCUT2D eigenvalue weighted by Crippen LogP contribution is -1.99. The molecular weight excluding hydrogens is 194 g/mol. The highest BCUT2D eigenvalue weighted by atomic mass is 35.5. The predicted molar refractivity (Wildman–Crippen MR) is 57.1 cm³/mol. The van der Waals surface area contributed by atoms with E-state index in [2.05, 4.69) is 6.07 Å². The molecule has 0 unspecified atom stereocenters. The van der Waals surface area contributed by atoms with Crippen molar-refractivity contribution in [3.8, 4) is 6.07 Å². The van der Waals surface area contributed by atoms with Gasteiger partial charge in [0.15, 0.2) is 0 Å². The van der Waals surface area contributed by atoms with E-state index in [-0.39, 0.29) is 0 Å². The van der Waals surface area contributed by atoms with E-state index >= 15 is 0 Å². The van der Waals surface area contributed by atoms with Crippen LogP contribution in [0.25, 0.3) is 0 Å². The van der Waals surface area contributed by atoms with Gasteiger partial charge in [0.1, 0.15) is 0 Å². The summed E-state index contributed by atoms with van der Waals surface area (Å²) in [5.41, 5.74) is 1.26. The quantitative estimate of drug-likeness (QED) is 0.738. The number of nitriles is 1. The minimum Gasteiger partial charge on any atom is -0.198 e. The zero-order valence-electron chi connectivity index (χ0n) is 7.91. The average Bonchev–Trinajstić information content (AvgIpc) is 2.99. The van der Waals surface area contributed by atoms with Crippen LogP contribution in [-0.2, 0) is 0 Å². The third-order valence-electron chi connectivity index (χ3n) is 2.80. The average molecular weight is 206 g/mol. The van der Waals surface area contributed by atoms with Crippen molar-refractivity contribution in [2.24, 2.45) is 5.92 Å². The van der Waals surface area contributed by atoms with E-state index in [1.807, 2.05) is 24.3 Å². The number of nitrogens with zero attached hydrogens (tertiary/aromatic N) is 1. The fourth-order valence-corrected chi connectivity index (χ4v) is 1.99. The van der Waals surface area contributed by atoms with Crippen molar-refractivity contribution in [2.45, 2.75) is 25.2 Å². The highest BCUT2D eigenvalue weighted by Crippen LogP contribution is 2.44. The van der Waals surface area contributed by atoms with Gasteiger partial charge in [0, 0.05) is 11.4 Å². The Labute approximate surface area is 89.3 Å². The molecule has 14 heavy (non-hydrogen) atoms. The van der Waals surface area contributed by atoms with Crippen LogP contribution in [0.2, 0.25) is 5.02 Å². The van der Waals surface area contributed by atoms with Crippen LogP contribution in [0.1, 0.15) is 30.7 Å². The summed E-state index contributed by atoms with van der Waals surface area (Å²) in [6, 6.07) is 10.2. The molecule has 1 atom stereocenters. The van der Waals surface area contributed by atoms with Crippen LogP contribution in [0.3, 0.4) is 0 Å². The van der Waals surface area contributed by atoms with Gasteiger partial charge in [-0.2, -0.15) is 5.26 Å². The lowest BCUT2D eigenvalue weighted by atomic mass is 9.92. The summed E-state index contributed by atoms with van der Waals surface area (Å²) in [4.78, 5) is 0. The van der Waals surface area contributed by atoms with E-state index in [0.29, 0.717) is 12.3 Å². The van der Waals surface area contributed by atoms with E-state index in [4.69, 9.17) is 16.9 Å². The van der Waals surface area contributed by atoms with Gasteiger partial charge in [-0.1, -0.05) is 23.7 Å². The molecule has 0 radical (unpaired) electrons. The number of hydrogen-bond donors (Lipinski definition) is 0. The van der Waals surface area contributed by atoms with E-state index in [1.165, 1.54) is 18.4 Å². The maximum atomic E-state index is 8.75. The molecule has 0 bridgehead atoms. The Hall–Kier alpha value is -1.00. The van der Waals surface area contributed by atoms with Crippen LogP contribution in [-0.4, -0.2) is 0 Å². The Kier molecular flexibility index (Phi) is 2.74. The van der Waals surface area contributed by atoms with E-state index in [1.54, 1.807) is 0 Å². The Balaban J connectivity index is 2.18. The van der Waals surface area contributed by atoms with Gasteiger partial charge in [0.05, 0.1) is 6.07 Å².